The Morgan fingerprint density at radius 3 is 2.85 bits per heavy atom. The van der Waals surface area contributed by atoms with Crippen LogP contribution < -0.4 is 0 Å². The molecular formula is C14H20N2O4. The average Bonchev–Trinajstić information content (AvgIpc) is 3.02. The number of hydrogen-bond donors (Lipinski definition) is 1. The van der Waals surface area contributed by atoms with Crippen LogP contribution in [-0.2, 0) is 9.59 Å². The SMILES string of the molecule is Cc1cc(C2CCCN2C(=O)CCCCC(=O)O)on1. The second-order valence-electron chi connectivity index (χ2n) is 5.22. The van der Waals surface area contributed by atoms with Crippen molar-refractivity contribution in [2.24, 2.45) is 0 Å². The second kappa shape index (κ2) is 6.54. The Labute approximate surface area is 117 Å². The molecule has 1 aromatic heterocycles. The van der Waals surface area contributed by atoms with E-state index in [4.69, 9.17) is 9.63 Å². The molecule has 0 saturated carbocycles. The number of carboxylic acid groups (broad SMARTS) is 1. The maximum atomic E-state index is 12.2. The molecule has 1 unspecified atom stereocenters. The van der Waals surface area contributed by atoms with Crippen molar-refractivity contribution < 1.29 is 19.2 Å². The van der Waals surface area contributed by atoms with Crippen molar-refractivity contribution in [1.29, 1.82) is 0 Å². The van der Waals surface area contributed by atoms with Gasteiger partial charge in [0.1, 0.15) is 0 Å². The summed E-state index contributed by atoms with van der Waals surface area (Å²) in [4.78, 5) is 24.5. The van der Waals surface area contributed by atoms with Crippen LogP contribution in [-0.4, -0.2) is 33.6 Å². The van der Waals surface area contributed by atoms with Gasteiger partial charge in [0, 0.05) is 25.5 Å². The predicted molar refractivity (Wildman–Crippen MR) is 71.0 cm³/mol. The Bertz CT molecular complexity index is 483. The van der Waals surface area contributed by atoms with Gasteiger partial charge >= 0.3 is 5.97 Å². The number of amides is 1. The van der Waals surface area contributed by atoms with Crippen LogP contribution >= 0.6 is 0 Å². The van der Waals surface area contributed by atoms with Crippen molar-refractivity contribution in [3.63, 3.8) is 0 Å². The number of aromatic nitrogens is 1. The molecule has 6 nitrogen and oxygen atoms in total. The van der Waals surface area contributed by atoms with Crippen LogP contribution in [0.5, 0.6) is 0 Å². The minimum Gasteiger partial charge on any atom is -0.481 e. The first-order valence-electron chi connectivity index (χ1n) is 7.02. The number of rotatable bonds is 6. The number of likely N-dealkylation sites (tertiary alicyclic amines) is 1. The van der Waals surface area contributed by atoms with Gasteiger partial charge in [-0.15, -0.1) is 0 Å². The molecule has 0 spiro atoms. The van der Waals surface area contributed by atoms with Crippen LogP contribution in [0.2, 0.25) is 0 Å². The van der Waals surface area contributed by atoms with E-state index in [2.05, 4.69) is 5.16 Å². The lowest BCUT2D eigenvalue weighted by atomic mass is 10.1. The summed E-state index contributed by atoms with van der Waals surface area (Å²) in [5, 5.41) is 12.4. The van der Waals surface area contributed by atoms with Crippen molar-refractivity contribution in [3.8, 4) is 0 Å². The van der Waals surface area contributed by atoms with Gasteiger partial charge in [-0.2, -0.15) is 0 Å². The lowest BCUT2D eigenvalue weighted by molar-refractivity contribution is -0.137. The molecule has 0 aliphatic carbocycles. The zero-order valence-electron chi connectivity index (χ0n) is 11.7. The molecule has 0 radical (unpaired) electrons. The van der Waals surface area contributed by atoms with Crippen molar-refractivity contribution in [2.45, 2.75) is 51.5 Å². The van der Waals surface area contributed by atoms with Gasteiger partial charge in [-0.1, -0.05) is 5.16 Å². The number of carbonyl (C=O) groups is 2. The van der Waals surface area contributed by atoms with Gasteiger partial charge in [-0.05, 0) is 32.6 Å². The summed E-state index contributed by atoms with van der Waals surface area (Å²) < 4.78 is 5.26. The molecule has 1 saturated heterocycles. The van der Waals surface area contributed by atoms with E-state index in [0.717, 1.165) is 30.8 Å². The fourth-order valence-corrected chi connectivity index (χ4v) is 2.60. The van der Waals surface area contributed by atoms with Crippen LogP contribution in [0.1, 0.15) is 56.0 Å². The van der Waals surface area contributed by atoms with Crippen molar-refractivity contribution in [1.82, 2.24) is 10.1 Å². The summed E-state index contributed by atoms with van der Waals surface area (Å²) in [6.07, 6.45) is 3.54. The van der Waals surface area contributed by atoms with Crippen LogP contribution in [0.15, 0.2) is 10.6 Å². The van der Waals surface area contributed by atoms with E-state index in [1.165, 1.54) is 0 Å². The minimum absolute atomic E-state index is 0.0110. The molecule has 1 aliphatic heterocycles. The van der Waals surface area contributed by atoms with Gasteiger partial charge in [0.05, 0.1) is 11.7 Å². The number of carbonyl (C=O) groups excluding carboxylic acids is 1. The summed E-state index contributed by atoms with van der Waals surface area (Å²) in [5.41, 5.74) is 0.820. The van der Waals surface area contributed by atoms with Gasteiger partial charge in [-0.3, -0.25) is 9.59 Å². The number of hydrogen-bond acceptors (Lipinski definition) is 4. The van der Waals surface area contributed by atoms with Gasteiger partial charge in [0.15, 0.2) is 5.76 Å². The summed E-state index contributed by atoms with van der Waals surface area (Å²) in [7, 11) is 0. The topological polar surface area (TPSA) is 83.6 Å². The summed E-state index contributed by atoms with van der Waals surface area (Å²) >= 11 is 0. The summed E-state index contributed by atoms with van der Waals surface area (Å²) in [6, 6.07) is 1.86. The lowest BCUT2D eigenvalue weighted by Crippen LogP contribution is -2.30. The van der Waals surface area contributed by atoms with Gasteiger partial charge < -0.3 is 14.5 Å². The highest BCUT2D eigenvalue weighted by atomic mass is 16.5. The molecule has 1 N–H and O–H groups in total. The van der Waals surface area contributed by atoms with E-state index in [1.807, 2.05) is 17.9 Å². The molecule has 6 heteroatoms. The van der Waals surface area contributed by atoms with Gasteiger partial charge in [0.25, 0.3) is 0 Å². The molecule has 1 aliphatic rings. The van der Waals surface area contributed by atoms with E-state index in [0.29, 0.717) is 19.3 Å². The first kappa shape index (κ1) is 14.6. The highest BCUT2D eigenvalue weighted by molar-refractivity contribution is 5.77. The molecule has 1 amide bonds. The van der Waals surface area contributed by atoms with E-state index >= 15 is 0 Å². The van der Waals surface area contributed by atoms with Gasteiger partial charge in [0.2, 0.25) is 5.91 Å². The van der Waals surface area contributed by atoms with Gasteiger partial charge in [-0.25, -0.2) is 0 Å². The molecule has 1 fully saturated rings. The Morgan fingerprint density at radius 2 is 2.20 bits per heavy atom. The zero-order valence-corrected chi connectivity index (χ0v) is 11.7. The second-order valence-corrected chi connectivity index (χ2v) is 5.22. The number of nitrogens with zero attached hydrogens (tertiary/aromatic N) is 2. The number of carboxylic acids is 1. The summed E-state index contributed by atoms with van der Waals surface area (Å²) in [6.45, 7) is 2.60. The van der Waals surface area contributed by atoms with Crippen LogP contribution in [0, 0.1) is 6.92 Å². The fourth-order valence-electron chi connectivity index (χ4n) is 2.60. The third-order valence-corrected chi connectivity index (χ3v) is 3.58. The predicted octanol–water partition coefficient (Wildman–Crippen LogP) is 2.29. The minimum atomic E-state index is -0.811. The van der Waals surface area contributed by atoms with E-state index in [9.17, 15) is 9.59 Å². The summed E-state index contributed by atoms with van der Waals surface area (Å²) in [5.74, 6) is 0.0134. The van der Waals surface area contributed by atoms with Crippen molar-refractivity contribution in [2.75, 3.05) is 6.54 Å². The number of aliphatic carboxylic acids is 1. The Kier molecular flexibility index (Phi) is 4.76. The monoisotopic (exact) mass is 280 g/mol. The number of unbranched alkanes of at least 4 members (excludes halogenated alkanes) is 1. The van der Waals surface area contributed by atoms with Crippen LogP contribution in [0.25, 0.3) is 0 Å². The third kappa shape index (κ3) is 3.59. The third-order valence-electron chi connectivity index (χ3n) is 3.58. The molecule has 0 aromatic carbocycles. The molecule has 1 aromatic rings. The maximum absolute atomic E-state index is 12.2. The standard InChI is InChI=1S/C14H20N2O4/c1-10-9-12(20-15-10)11-5-4-8-16(11)13(17)6-2-3-7-14(18)19/h9,11H,2-8H2,1H3,(H,18,19). The lowest BCUT2D eigenvalue weighted by Gasteiger charge is -2.22. The Morgan fingerprint density at radius 1 is 1.45 bits per heavy atom. The maximum Gasteiger partial charge on any atom is 0.303 e. The largest absolute Gasteiger partial charge is 0.481 e. The molecule has 110 valence electrons. The van der Waals surface area contributed by atoms with E-state index in [-0.39, 0.29) is 18.4 Å². The first-order valence-corrected chi connectivity index (χ1v) is 7.02. The molecule has 20 heavy (non-hydrogen) atoms. The molecule has 1 atom stereocenters. The number of aryl methyl sites for hydroxylation is 1. The zero-order chi connectivity index (χ0) is 14.5. The van der Waals surface area contributed by atoms with Crippen molar-refractivity contribution in [3.05, 3.63) is 17.5 Å². The van der Waals surface area contributed by atoms with E-state index in [1.54, 1.807) is 0 Å². The smallest absolute Gasteiger partial charge is 0.303 e. The molecule has 2 heterocycles. The highest BCUT2D eigenvalue weighted by Gasteiger charge is 2.32. The fraction of sp³-hybridized carbons (Fsp3) is 0.643. The van der Waals surface area contributed by atoms with Crippen molar-refractivity contribution >= 4 is 11.9 Å². The first-order chi connectivity index (χ1) is 9.58. The highest BCUT2D eigenvalue weighted by Crippen LogP contribution is 2.32. The Hall–Kier alpha value is -1.85. The quantitative estimate of drug-likeness (QED) is 0.808. The average molecular weight is 280 g/mol. The molecule has 0 bridgehead atoms. The molecular weight excluding hydrogens is 260 g/mol. The van der Waals surface area contributed by atoms with E-state index < -0.39 is 5.97 Å². The molecule has 2 rings (SSSR count). The van der Waals surface area contributed by atoms with Crippen LogP contribution in [0.4, 0.5) is 0 Å². The normalized spacial score (nSPS) is 18.4. The Balaban J connectivity index is 1.87. The van der Waals surface area contributed by atoms with Crippen LogP contribution in [0.3, 0.4) is 0 Å².